The number of hydrogen-bond acceptors (Lipinski definition) is 4. The molecule has 4 atom stereocenters. The Morgan fingerprint density at radius 3 is 2.40 bits per heavy atom. The van der Waals surface area contributed by atoms with Gasteiger partial charge in [0.15, 0.2) is 0 Å². The van der Waals surface area contributed by atoms with Crippen LogP contribution >= 0.6 is 22.6 Å². The molecule has 1 aliphatic heterocycles. The van der Waals surface area contributed by atoms with Crippen molar-refractivity contribution < 1.29 is 9.16 Å². The predicted molar refractivity (Wildman–Crippen MR) is 173 cm³/mol. The molecular weight excluding hydrogens is 623 g/mol. The van der Waals surface area contributed by atoms with E-state index in [0.29, 0.717) is 10.3 Å². The van der Waals surface area contributed by atoms with Gasteiger partial charge in [-0.05, 0) is 62.9 Å². The molecule has 1 aromatic carbocycles. The Morgan fingerprint density at radius 2 is 1.85 bits per heavy atom. The number of halogens is 1. The van der Waals surface area contributed by atoms with Gasteiger partial charge >= 0.3 is 0 Å². The number of alkyl halides is 1. The predicted octanol–water partition coefficient (Wildman–Crippen LogP) is 9.61. The van der Waals surface area contributed by atoms with Gasteiger partial charge in [0, 0.05) is 38.1 Å². The number of aromatic nitrogens is 1. The van der Waals surface area contributed by atoms with Crippen LogP contribution in [0.3, 0.4) is 0 Å². The highest BCUT2D eigenvalue weighted by molar-refractivity contribution is 14.1. The van der Waals surface area contributed by atoms with E-state index in [0.717, 1.165) is 30.4 Å². The quantitative estimate of drug-likeness (QED) is 0.181. The second-order valence-corrected chi connectivity index (χ2v) is 21.3. The van der Waals surface area contributed by atoms with Crippen molar-refractivity contribution in [2.24, 2.45) is 5.41 Å². The zero-order valence-corrected chi connectivity index (χ0v) is 29.1. The Hall–Kier alpha value is -1.27. The van der Waals surface area contributed by atoms with E-state index in [1.165, 1.54) is 40.9 Å². The molecule has 1 aromatic heterocycles. The van der Waals surface area contributed by atoms with Crippen LogP contribution in [0.4, 0.5) is 0 Å². The number of hydrogen-bond donors (Lipinski definition) is 0. The van der Waals surface area contributed by atoms with Gasteiger partial charge in [-0.15, -0.1) is 18.1 Å². The SMILES string of the molecule is CC(C)c1nc2c(c3c1[C@@H](c1ccc(CC#N)cc1)OC31CCCC1I)[C@@H](O[Si-](C)(C)C(C)(C)C)CC(C)(C)C2. The number of fused-ring (bicyclic) bond motifs is 4. The number of ether oxygens (including phenoxy) is 1. The van der Waals surface area contributed by atoms with Crippen LogP contribution in [0.5, 0.6) is 0 Å². The Bertz CT molecular complexity index is 1320. The van der Waals surface area contributed by atoms with Crippen LogP contribution < -0.4 is 0 Å². The van der Waals surface area contributed by atoms with E-state index in [1.807, 2.05) is 0 Å². The lowest BCUT2D eigenvalue weighted by Gasteiger charge is -2.53. The van der Waals surface area contributed by atoms with Crippen molar-refractivity contribution >= 4 is 30.9 Å². The van der Waals surface area contributed by atoms with Gasteiger partial charge in [0.05, 0.1) is 12.5 Å². The van der Waals surface area contributed by atoms with Gasteiger partial charge in [0.1, 0.15) is 11.7 Å². The van der Waals surface area contributed by atoms with Crippen molar-refractivity contribution in [2.75, 3.05) is 0 Å². The zero-order valence-electron chi connectivity index (χ0n) is 26.0. The van der Waals surface area contributed by atoms with E-state index >= 15 is 0 Å². The summed E-state index contributed by atoms with van der Waals surface area (Å²) in [5, 5.41) is 9.34. The average Bonchev–Trinajstić information content (AvgIpc) is 3.38. The summed E-state index contributed by atoms with van der Waals surface area (Å²) in [7, 11) is -2.05. The summed E-state index contributed by atoms with van der Waals surface area (Å²) < 4.78 is 15.1. The largest absolute Gasteiger partial charge is 0.559 e. The van der Waals surface area contributed by atoms with Gasteiger partial charge in [-0.1, -0.05) is 95.3 Å². The van der Waals surface area contributed by atoms with Crippen molar-refractivity contribution in [1.29, 1.82) is 5.26 Å². The first kappa shape index (κ1) is 30.2. The summed E-state index contributed by atoms with van der Waals surface area (Å²) >= 11 is 2.67. The normalized spacial score (nSPS) is 27.6. The van der Waals surface area contributed by atoms with Crippen LogP contribution in [0, 0.1) is 16.7 Å². The maximum absolute atomic E-state index is 9.21. The minimum absolute atomic E-state index is 0.0310. The van der Waals surface area contributed by atoms with Crippen molar-refractivity contribution in [3.63, 3.8) is 0 Å². The molecule has 2 heterocycles. The monoisotopic (exact) mass is 670 g/mol. The first-order chi connectivity index (χ1) is 18.6. The number of pyridine rings is 1. The second kappa shape index (κ2) is 10.5. The number of nitrogens with zero attached hydrogens (tertiary/aromatic N) is 2. The van der Waals surface area contributed by atoms with Crippen molar-refractivity contribution in [2.45, 2.75) is 133 Å². The van der Waals surface area contributed by atoms with E-state index in [-0.39, 0.29) is 34.2 Å². The van der Waals surface area contributed by atoms with Crippen LogP contribution in [0.2, 0.25) is 18.1 Å². The van der Waals surface area contributed by atoms with Crippen LogP contribution in [0.1, 0.15) is 131 Å². The molecule has 40 heavy (non-hydrogen) atoms. The fraction of sp³-hybridized carbons (Fsp3) is 0.647. The van der Waals surface area contributed by atoms with E-state index in [1.54, 1.807) is 0 Å². The Morgan fingerprint density at radius 1 is 1.18 bits per heavy atom. The topological polar surface area (TPSA) is 55.1 Å². The number of benzene rings is 1. The second-order valence-electron chi connectivity index (χ2n) is 15.0. The molecule has 2 aromatic rings. The molecule has 4 nitrogen and oxygen atoms in total. The van der Waals surface area contributed by atoms with Crippen molar-refractivity contribution in [3.05, 3.63) is 63.5 Å². The lowest BCUT2D eigenvalue weighted by Crippen LogP contribution is -2.44. The van der Waals surface area contributed by atoms with E-state index < -0.39 is 8.32 Å². The van der Waals surface area contributed by atoms with E-state index in [9.17, 15) is 5.26 Å². The Labute approximate surface area is 256 Å². The van der Waals surface area contributed by atoms with Crippen molar-refractivity contribution in [1.82, 2.24) is 4.98 Å². The first-order valence-corrected chi connectivity index (χ1v) is 19.3. The van der Waals surface area contributed by atoms with Gasteiger partial charge < -0.3 is 9.16 Å². The smallest absolute Gasteiger partial charge is 0.111 e. The van der Waals surface area contributed by atoms with Crippen LogP contribution in [0.25, 0.3) is 0 Å². The minimum atomic E-state index is -2.05. The molecule has 1 fully saturated rings. The lowest BCUT2D eigenvalue weighted by molar-refractivity contribution is -0.0514. The fourth-order valence-corrected chi connectivity index (χ4v) is 9.38. The molecule has 0 radical (unpaired) electrons. The van der Waals surface area contributed by atoms with E-state index in [4.69, 9.17) is 14.1 Å². The molecule has 1 spiro atoms. The molecule has 3 aliphatic rings. The summed E-state index contributed by atoms with van der Waals surface area (Å²) in [4.78, 5) is 5.53. The molecule has 0 amide bonds. The zero-order chi connectivity index (χ0) is 29.3. The van der Waals surface area contributed by atoms with Gasteiger partial charge in [-0.25, -0.2) is 0 Å². The third-order valence-electron chi connectivity index (χ3n) is 9.97. The molecule has 2 aliphatic carbocycles. The van der Waals surface area contributed by atoms with Gasteiger partial charge in [-0.2, -0.15) is 5.26 Å². The van der Waals surface area contributed by atoms with Crippen molar-refractivity contribution in [3.8, 4) is 6.07 Å². The van der Waals surface area contributed by atoms with Gasteiger partial charge in [-0.3, -0.25) is 4.98 Å². The summed E-state index contributed by atoms with van der Waals surface area (Å²) in [6.07, 6.45) is 5.68. The third kappa shape index (κ3) is 5.12. The molecular formula is C34H47IN2O2Si-. The first-order valence-electron chi connectivity index (χ1n) is 15.1. The fourth-order valence-electron chi connectivity index (χ4n) is 6.90. The van der Waals surface area contributed by atoms with Gasteiger partial charge in [0.2, 0.25) is 0 Å². The standard InChI is InChI=1S/C34H47IN2O2Si/c1-21(2)30-28-29(27-24(37-30)19-33(6,7)20-25(27)39-40(8,9)32(3,4)5)34(17-10-11-26(34)35)38-31(28)23-14-12-22(13-15-23)16-18-36/h12-15,21,25-26,31H,10-11,16-17,19-20H2,1-9H3/q-1/t25-,26?,31+,34?/m0/s1. The summed E-state index contributed by atoms with van der Waals surface area (Å²) in [6, 6.07) is 10.8. The summed E-state index contributed by atoms with van der Waals surface area (Å²) in [5.41, 5.74) is 8.52. The highest BCUT2D eigenvalue weighted by atomic mass is 127. The molecule has 0 N–H and O–H groups in total. The van der Waals surface area contributed by atoms with Crippen LogP contribution in [0.15, 0.2) is 24.3 Å². The highest BCUT2D eigenvalue weighted by Gasteiger charge is 2.56. The lowest BCUT2D eigenvalue weighted by atomic mass is 9.70. The summed E-state index contributed by atoms with van der Waals surface area (Å²) in [5.74, 6) is 0.289. The third-order valence-corrected chi connectivity index (χ3v) is 16.1. The molecule has 5 rings (SSSR count). The Kier molecular flexibility index (Phi) is 7.90. The highest BCUT2D eigenvalue weighted by Crippen LogP contribution is 2.62. The maximum Gasteiger partial charge on any atom is 0.111 e. The van der Waals surface area contributed by atoms with Crippen LogP contribution in [-0.4, -0.2) is 17.2 Å². The van der Waals surface area contributed by atoms with Gasteiger partial charge in [0.25, 0.3) is 0 Å². The molecule has 1 saturated carbocycles. The Balaban J connectivity index is 1.78. The molecule has 2 unspecified atom stereocenters. The molecule has 217 valence electrons. The molecule has 0 bridgehead atoms. The average molecular weight is 671 g/mol. The van der Waals surface area contributed by atoms with Crippen LogP contribution in [-0.2, 0) is 27.6 Å². The molecule has 6 heteroatoms. The minimum Gasteiger partial charge on any atom is -0.559 e. The maximum atomic E-state index is 9.21. The molecule has 0 saturated heterocycles. The number of nitriles is 1. The van der Waals surface area contributed by atoms with E-state index in [2.05, 4.69) is 114 Å². The summed E-state index contributed by atoms with van der Waals surface area (Å²) in [6.45, 7) is 21.1. The number of rotatable bonds is 5.